The number of benzene rings is 1. The Morgan fingerprint density at radius 1 is 1.06 bits per heavy atom. The fourth-order valence-corrected chi connectivity index (χ4v) is 3.79. The molecule has 0 unspecified atom stereocenters. The van der Waals surface area contributed by atoms with Gasteiger partial charge >= 0.3 is 11.9 Å². The molecule has 0 amide bonds. The van der Waals surface area contributed by atoms with Crippen LogP contribution in [0, 0.1) is 0 Å². The van der Waals surface area contributed by atoms with E-state index in [4.69, 9.17) is 0 Å². The summed E-state index contributed by atoms with van der Waals surface area (Å²) in [7, 11) is 0. The van der Waals surface area contributed by atoms with Crippen LogP contribution in [0.15, 0.2) is 58.1 Å². The molecular weight excluding hydrogens is 527 g/mol. The first-order valence-electron chi connectivity index (χ1n) is 10.7. The van der Waals surface area contributed by atoms with Gasteiger partial charge in [-0.3, -0.25) is 0 Å². The minimum absolute atomic E-state index is 0.107. The lowest BCUT2D eigenvalue weighted by molar-refractivity contribution is -0.137. The zero-order chi connectivity index (χ0) is 25.4. The van der Waals surface area contributed by atoms with Crippen molar-refractivity contribution in [2.45, 2.75) is 32.5 Å². The summed E-state index contributed by atoms with van der Waals surface area (Å²) in [4.78, 5) is 21.7. The molecule has 4 rings (SSSR count). The lowest BCUT2D eigenvalue weighted by atomic mass is 10.1. The number of nitrogens with zero attached hydrogens (tertiary/aromatic N) is 5. The highest BCUT2D eigenvalue weighted by Gasteiger charge is 2.30. The van der Waals surface area contributed by atoms with Gasteiger partial charge in [0.25, 0.3) is 0 Å². The van der Waals surface area contributed by atoms with Gasteiger partial charge in [-0.15, -0.1) is 5.10 Å². The van der Waals surface area contributed by atoms with Crippen molar-refractivity contribution < 1.29 is 13.2 Å². The van der Waals surface area contributed by atoms with Gasteiger partial charge in [0, 0.05) is 35.5 Å². The van der Waals surface area contributed by atoms with Crippen molar-refractivity contribution in [2.24, 2.45) is 0 Å². The van der Waals surface area contributed by atoms with E-state index in [-0.39, 0.29) is 18.1 Å². The van der Waals surface area contributed by atoms with Gasteiger partial charge in [-0.25, -0.2) is 23.8 Å². The highest BCUT2D eigenvalue weighted by atomic mass is 79.9. The van der Waals surface area contributed by atoms with Crippen LogP contribution in [0.4, 0.5) is 24.8 Å². The largest absolute Gasteiger partial charge is 0.416 e. The van der Waals surface area contributed by atoms with Gasteiger partial charge in [-0.05, 0) is 45.0 Å². The van der Waals surface area contributed by atoms with Gasteiger partial charge in [-0.2, -0.15) is 13.2 Å². The Morgan fingerprint density at radius 3 is 2.49 bits per heavy atom. The number of rotatable bonds is 6. The second-order valence-corrected chi connectivity index (χ2v) is 9.74. The first-order valence-corrected chi connectivity index (χ1v) is 11.5. The van der Waals surface area contributed by atoms with Crippen LogP contribution < -0.4 is 16.3 Å². The van der Waals surface area contributed by atoms with E-state index in [1.165, 1.54) is 9.08 Å². The maximum absolute atomic E-state index is 13.1. The molecule has 35 heavy (non-hydrogen) atoms. The molecule has 3 heterocycles. The zero-order valence-corrected chi connectivity index (χ0v) is 20.8. The molecular formula is C23H23BrF3N7O. The normalized spacial score (nSPS) is 12.2. The molecule has 0 aliphatic rings. The van der Waals surface area contributed by atoms with Crippen LogP contribution in [0.1, 0.15) is 26.3 Å². The molecule has 184 valence electrons. The molecule has 0 saturated carbocycles. The van der Waals surface area contributed by atoms with Crippen molar-refractivity contribution in [1.29, 1.82) is 0 Å². The molecule has 2 N–H and O–H groups in total. The number of hydrogen-bond donors (Lipinski definition) is 2. The van der Waals surface area contributed by atoms with E-state index >= 15 is 0 Å². The summed E-state index contributed by atoms with van der Waals surface area (Å²) < 4.78 is 42.5. The monoisotopic (exact) mass is 549 g/mol. The van der Waals surface area contributed by atoms with Crippen molar-refractivity contribution in [3.8, 4) is 11.3 Å². The molecule has 4 aromatic rings. The lowest BCUT2D eigenvalue weighted by Crippen LogP contribution is -2.34. The van der Waals surface area contributed by atoms with Crippen molar-refractivity contribution in [3.63, 3.8) is 0 Å². The Labute approximate surface area is 207 Å². The summed E-state index contributed by atoms with van der Waals surface area (Å²) >= 11 is 3.45. The van der Waals surface area contributed by atoms with Crippen LogP contribution in [-0.4, -0.2) is 37.2 Å². The Balaban J connectivity index is 1.62. The SMILES string of the molecule is CC(C)(C)n1nc2c(NCCNc3cc(C(F)(F)F)ccn3)nc(-c3cccc(Br)c3)cn2c1=O. The van der Waals surface area contributed by atoms with E-state index < -0.39 is 17.3 Å². The molecule has 0 bridgehead atoms. The number of pyridine rings is 1. The van der Waals surface area contributed by atoms with E-state index in [0.717, 1.165) is 28.4 Å². The third kappa shape index (κ3) is 5.47. The third-order valence-corrected chi connectivity index (χ3v) is 5.57. The highest BCUT2D eigenvalue weighted by Crippen LogP contribution is 2.30. The van der Waals surface area contributed by atoms with Gasteiger partial charge in [0.05, 0.1) is 16.8 Å². The van der Waals surface area contributed by atoms with Crippen molar-refractivity contribution >= 4 is 33.2 Å². The summed E-state index contributed by atoms with van der Waals surface area (Å²) in [6.07, 6.45) is -1.69. The minimum Gasteiger partial charge on any atom is -0.368 e. The molecule has 0 fully saturated rings. The van der Waals surface area contributed by atoms with Gasteiger partial charge in [0.15, 0.2) is 5.82 Å². The van der Waals surface area contributed by atoms with Crippen LogP contribution in [0.5, 0.6) is 0 Å². The van der Waals surface area contributed by atoms with E-state index in [2.05, 4.69) is 41.6 Å². The van der Waals surface area contributed by atoms with E-state index in [9.17, 15) is 18.0 Å². The number of aromatic nitrogens is 5. The van der Waals surface area contributed by atoms with Crippen LogP contribution in [0.25, 0.3) is 16.9 Å². The predicted molar refractivity (Wildman–Crippen MR) is 132 cm³/mol. The lowest BCUT2D eigenvalue weighted by Gasteiger charge is -2.16. The van der Waals surface area contributed by atoms with Crippen LogP contribution >= 0.6 is 15.9 Å². The van der Waals surface area contributed by atoms with Gasteiger partial charge in [0.1, 0.15) is 5.82 Å². The highest BCUT2D eigenvalue weighted by molar-refractivity contribution is 9.10. The minimum atomic E-state index is -4.45. The van der Waals surface area contributed by atoms with Crippen molar-refractivity contribution in [3.05, 3.63) is 69.3 Å². The third-order valence-electron chi connectivity index (χ3n) is 5.07. The molecule has 1 aromatic carbocycles. The van der Waals surface area contributed by atoms with Crippen LogP contribution in [0.2, 0.25) is 0 Å². The number of nitrogens with one attached hydrogen (secondary N) is 2. The Kier molecular flexibility index (Phi) is 6.58. The fourth-order valence-electron chi connectivity index (χ4n) is 3.40. The van der Waals surface area contributed by atoms with E-state index in [0.29, 0.717) is 23.7 Å². The smallest absolute Gasteiger partial charge is 0.368 e. The van der Waals surface area contributed by atoms with Gasteiger partial charge in [0.2, 0.25) is 5.65 Å². The topological polar surface area (TPSA) is 89.1 Å². The second kappa shape index (κ2) is 9.33. The average molecular weight is 550 g/mol. The molecule has 0 radical (unpaired) electrons. The quantitative estimate of drug-likeness (QED) is 0.328. The van der Waals surface area contributed by atoms with Crippen LogP contribution in [0.3, 0.4) is 0 Å². The standard InChI is InChI=1S/C23H23BrF3N7O/c1-22(2,3)34-21(35)33-13-17(14-5-4-6-16(24)11-14)31-19(20(33)32-34)30-10-9-29-18-12-15(7-8-28-18)23(25,26)27/h4-8,11-13H,9-10H2,1-3H3,(H,28,29)(H,30,31). The first-order chi connectivity index (χ1) is 16.4. The summed E-state index contributed by atoms with van der Waals surface area (Å²) in [6, 6.07) is 9.39. The fraction of sp³-hybridized carbons (Fsp3) is 0.304. The van der Waals surface area contributed by atoms with Crippen molar-refractivity contribution in [1.82, 2.24) is 24.1 Å². The summed E-state index contributed by atoms with van der Waals surface area (Å²) in [5.74, 6) is 0.484. The summed E-state index contributed by atoms with van der Waals surface area (Å²) in [5.41, 5.74) is 0.0735. The van der Waals surface area contributed by atoms with E-state index in [1.807, 2.05) is 45.0 Å². The second-order valence-electron chi connectivity index (χ2n) is 8.82. The molecule has 0 saturated heterocycles. The molecule has 0 aliphatic heterocycles. The average Bonchev–Trinajstić information content (AvgIpc) is 3.13. The molecule has 0 atom stereocenters. The molecule has 12 heteroatoms. The molecule has 0 aliphatic carbocycles. The molecule has 3 aromatic heterocycles. The Bertz CT molecular complexity index is 1420. The maximum Gasteiger partial charge on any atom is 0.416 e. The number of fused-ring (bicyclic) bond motifs is 1. The van der Waals surface area contributed by atoms with Gasteiger partial charge < -0.3 is 10.6 Å². The Hall–Kier alpha value is -3.41. The van der Waals surface area contributed by atoms with E-state index in [1.54, 1.807) is 6.20 Å². The van der Waals surface area contributed by atoms with Crippen LogP contribution in [-0.2, 0) is 11.7 Å². The predicted octanol–water partition coefficient (Wildman–Crippen LogP) is 5.01. The van der Waals surface area contributed by atoms with Gasteiger partial charge in [-0.1, -0.05) is 28.1 Å². The number of hydrogen-bond acceptors (Lipinski definition) is 6. The Morgan fingerprint density at radius 2 is 1.80 bits per heavy atom. The first kappa shape index (κ1) is 24.7. The summed E-state index contributed by atoms with van der Waals surface area (Å²) in [6.45, 7) is 6.18. The number of halogens is 4. The zero-order valence-electron chi connectivity index (χ0n) is 19.2. The molecule has 8 nitrogen and oxygen atoms in total. The molecule has 0 spiro atoms. The summed E-state index contributed by atoms with van der Waals surface area (Å²) in [5, 5.41) is 10.5. The number of anilines is 2. The maximum atomic E-state index is 13.1. The number of alkyl halides is 3. The van der Waals surface area contributed by atoms with Crippen molar-refractivity contribution in [2.75, 3.05) is 23.7 Å².